The molecule has 8 heteroatoms. The van der Waals surface area contributed by atoms with Gasteiger partial charge in [-0.1, -0.05) is 48.0 Å². The van der Waals surface area contributed by atoms with Crippen LogP contribution in [0.5, 0.6) is 11.5 Å². The minimum Gasteiger partial charge on any atom is -0.493 e. The number of hydrogen-bond acceptors (Lipinski definition) is 5. The quantitative estimate of drug-likeness (QED) is 0.225. The predicted molar refractivity (Wildman–Crippen MR) is 132 cm³/mol. The summed E-state index contributed by atoms with van der Waals surface area (Å²) in [7, 11) is 0. The lowest BCUT2D eigenvalue weighted by Gasteiger charge is -2.30. The van der Waals surface area contributed by atoms with Crippen LogP contribution in [0, 0.1) is 23.6 Å². The first-order valence-corrected chi connectivity index (χ1v) is 13.3. The van der Waals surface area contributed by atoms with Crippen LogP contribution in [0.4, 0.5) is 4.39 Å². The number of rotatable bonds is 10. The molecule has 0 radical (unpaired) electrons. The van der Waals surface area contributed by atoms with E-state index in [1.807, 2.05) is 24.3 Å². The largest absolute Gasteiger partial charge is 0.493 e. The summed E-state index contributed by atoms with van der Waals surface area (Å²) in [5.74, 6) is 4.31. The number of halogens is 2. The van der Waals surface area contributed by atoms with Crippen LogP contribution in [0.15, 0.2) is 53.7 Å². The number of benzene rings is 2. The van der Waals surface area contributed by atoms with Gasteiger partial charge in [0.1, 0.15) is 12.4 Å². The Labute approximate surface area is 209 Å². The Hall–Kier alpha value is -2.25. The molecule has 2 aliphatic carbocycles. The fourth-order valence-electron chi connectivity index (χ4n) is 5.54. The molecule has 34 heavy (non-hydrogen) atoms. The fraction of sp³-hybridized carbons (Fsp3) is 0.462. The van der Waals surface area contributed by atoms with Crippen LogP contribution in [0.25, 0.3) is 0 Å². The van der Waals surface area contributed by atoms with Gasteiger partial charge in [0.05, 0.1) is 6.61 Å². The molecule has 4 atom stereocenters. The van der Waals surface area contributed by atoms with E-state index in [1.165, 1.54) is 31.7 Å². The van der Waals surface area contributed by atoms with E-state index in [0.717, 1.165) is 34.3 Å². The standard InChI is InChI=1S/C26H29ClFN3O2S/c1-17(22-14-18-9-10-19(22)13-18)31-25(16-33-24-8-3-2-7-23(24)28)29-30-26(31)34-12-11-32-21-6-4-5-20(27)15-21/h2-8,15,17-19,22H,9-14,16H2,1H3/t17-,18-,19-,22+/m1/s1. The molecule has 2 bridgehead atoms. The number of nitrogens with zero attached hydrogens (tertiary/aromatic N) is 3. The second kappa shape index (κ2) is 10.6. The van der Waals surface area contributed by atoms with E-state index < -0.39 is 0 Å². The highest BCUT2D eigenvalue weighted by Gasteiger charge is 2.43. The average Bonchev–Trinajstić information content (AvgIpc) is 3.57. The molecule has 180 valence electrons. The molecular formula is C26H29ClFN3O2S. The monoisotopic (exact) mass is 501 g/mol. The highest BCUT2D eigenvalue weighted by atomic mass is 35.5. The van der Waals surface area contributed by atoms with Crippen LogP contribution < -0.4 is 9.47 Å². The summed E-state index contributed by atoms with van der Waals surface area (Å²) in [6.07, 6.45) is 5.29. The molecule has 2 fully saturated rings. The van der Waals surface area contributed by atoms with Crippen molar-refractivity contribution in [3.8, 4) is 11.5 Å². The molecule has 5 rings (SSSR count). The van der Waals surface area contributed by atoms with E-state index in [4.69, 9.17) is 21.1 Å². The molecule has 0 aliphatic heterocycles. The smallest absolute Gasteiger partial charge is 0.191 e. The third-order valence-corrected chi connectivity index (χ3v) is 8.27. The van der Waals surface area contributed by atoms with Crippen molar-refractivity contribution in [1.82, 2.24) is 14.8 Å². The summed E-state index contributed by atoms with van der Waals surface area (Å²) in [5, 5.41) is 10.5. The van der Waals surface area contributed by atoms with Crippen LogP contribution in [0.3, 0.4) is 0 Å². The van der Waals surface area contributed by atoms with E-state index in [9.17, 15) is 4.39 Å². The van der Waals surface area contributed by atoms with Gasteiger partial charge in [0.25, 0.3) is 0 Å². The number of aromatic nitrogens is 3. The molecule has 0 spiro atoms. The minimum atomic E-state index is -0.373. The number of fused-ring (bicyclic) bond motifs is 2. The number of thioether (sulfide) groups is 1. The van der Waals surface area contributed by atoms with Crippen LogP contribution in [-0.2, 0) is 6.61 Å². The Bertz CT molecular complexity index is 1130. The van der Waals surface area contributed by atoms with Gasteiger partial charge in [-0.15, -0.1) is 10.2 Å². The Balaban J connectivity index is 1.29. The molecule has 0 N–H and O–H groups in total. The maximum Gasteiger partial charge on any atom is 0.191 e. The molecule has 0 saturated heterocycles. The van der Waals surface area contributed by atoms with Crippen molar-refractivity contribution in [3.05, 3.63) is 65.2 Å². The fourth-order valence-corrected chi connectivity index (χ4v) is 6.58. The molecule has 2 aromatic carbocycles. The minimum absolute atomic E-state index is 0.179. The van der Waals surface area contributed by atoms with E-state index in [2.05, 4.69) is 21.7 Å². The van der Waals surface area contributed by atoms with Crippen LogP contribution >= 0.6 is 23.4 Å². The summed E-state index contributed by atoms with van der Waals surface area (Å²) in [6.45, 7) is 2.98. The first-order chi connectivity index (χ1) is 16.6. The third kappa shape index (κ3) is 5.20. The van der Waals surface area contributed by atoms with Crippen molar-refractivity contribution in [3.63, 3.8) is 0 Å². The number of ether oxygens (including phenoxy) is 2. The van der Waals surface area contributed by atoms with Crippen molar-refractivity contribution in [2.75, 3.05) is 12.4 Å². The van der Waals surface area contributed by atoms with Crippen molar-refractivity contribution >= 4 is 23.4 Å². The van der Waals surface area contributed by atoms with Crippen LogP contribution in [0.2, 0.25) is 5.02 Å². The molecule has 0 amide bonds. The summed E-state index contributed by atoms with van der Waals surface area (Å²) < 4.78 is 27.9. The number of hydrogen-bond donors (Lipinski definition) is 0. The van der Waals surface area contributed by atoms with E-state index >= 15 is 0 Å². The molecule has 3 aromatic rings. The van der Waals surface area contributed by atoms with Gasteiger partial charge in [-0.05, 0) is 74.3 Å². The zero-order chi connectivity index (χ0) is 23.5. The number of para-hydroxylation sites is 1. The second-order valence-electron chi connectivity index (χ2n) is 9.22. The van der Waals surface area contributed by atoms with Gasteiger partial charge >= 0.3 is 0 Å². The maximum atomic E-state index is 14.1. The molecule has 1 heterocycles. The topological polar surface area (TPSA) is 49.2 Å². The van der Waals surface area contributed by atoms with Crippen molar-refractivity contribution in [2.24, 2.45) is 17.8 Å². The van der Waals surface area contributed by atoms with Gasteiger partial charge in [0, 0.05) is 16.8 Å². The lowest BCUT2D eigenvalue weighted by molar-refractivity contribution is 0.215. The zero-order valence-electron chi connectivity index (χ0n) is 19.2. The molecule has 0 unspecified atom stereocenters. The highest BCUT2D eigenvalue weighted by molar-refractivity contribution is 7.99. The molecule has 1 aromatic heterocycles. The summed E-state index contributed by atoms with van der Waals surface area (Å²) >= 11 is 7.67. The maximum absolute atomic E-state index is 14.1. The average molecular weight is 502 g/mol. The summed E-state index contributed by atoms with van der Waals surface area (Å²) in [6, 6.07) is 14.1. The zero-order valence-corrected chi connectivity index (χ0v) is 20.8. The Morgan fingerprint density at radius 2 is 2.00 bits per heavy atom. The SMILES string of the molecule is C[C@H]([C@@H]1C[C@@H]2CC[C@@H]1C2)n1c(COc2ccccc2F)nnc1SCCOc1cccc(Cl)c1. The van der Waals surface area contributed by atoms with Crippen molar-refractivity contribution in [1.29, 1.82) is 0 Å². The Morgan fingerprint density at radius 1 is 1.12 bits per heavy atom. The summed E-state index contributed by atoms with van der Waals surface area (Å²) in [4.78, 5) is 0. The van der Waals surface area contributed by atoms with Gasteiger partial charge in [0.15, 0.2) is 22.5 Å². The van der Waals surface area contributed by atoms with Gasteiger partial charge in [-0.2, -0.15) is 0 Å². The predicted octanol–water partition coefficient (Wildman–Crippen LogP) is 6.82. The van der Waals surface area contributed by atoms with Crippen LogP contribution in [0.1, 0.15) is 44.5 Å². The molecule has 5 nitrogen and oxygen atoms in total. The third-order valence-electron chi connectivity index (χ3n) is 7.13. The second-order valence-corrected chi connectivity index (χ2v) is 10.7. The van der Waals surface area contributed by atoms with E-state index in [1.54, 1.807) is 30.0 Å². The lowest BCUT2D eigenvalue weighted by Crippen LogP contribution is -2.24. The van der Waals surface area contributed by atoms with E-state index in [0.29, 0.717) is 17.5 Å². The van der Waals surface area contributed by atoms with Gasteiger partial charge in [-0.25, -0.2) is 4.39 Å². The lowest BCUT2D eigenvalue weighted by atomic mass is 9.84. The summed E-state index contributed by atoms with van der Waals surface area (Å²) in [5.41, 5.74) is 0. The Morgan fingerprint density at radius 3 is 2.76 bits per heavy atom. The normalized spacial score (nSPS) is 22.1. The van der Waals surface area contributed by atoms with Crippen LogP contribution in [-0.4, -0.2) is 27.1 Å². The van der Waals surface area contributed by atoms with Gasteiger partial charge < -0.3 is 9.47 Å². The molecule has 2 aliphatic rings. The first kappa shape index (κ1) is 23.5. The van der Waals surface area contributed by atoms with Crippen molar-refractivity contribution in [2.45, 2.75) is 50.4 Å². The molecular weight excluding hydrogens is 473 g/mol. The van der Waals surface area contributed by atoms with Gasteiger partial charge in [-0.3, -0.25) is 4.57 Å². The first-order valence-electron chi connectivity index (χ1n) is 11.9. The van der Waals surface area contributed by atoms with Crippen molar-refractivity contribution < 1.29 is 13.9 Å². The van der Waals surface area contributed by atoms with Gasteiger partial charge in [0.2, 0.25) is 0 Å². The molecule has 2 saturated carbocycles. The highest BCUT2D eigenvalue weighted by Crippen LogP contribution is 2.52. The van der Waals surface area contributed by atoms with E-state index in [-0.39, 0.29) is 24.2 Å². The Kier molecular flexibility index (Phi) is 7.30.